The van der Waals surface area contributed by atoms with Crippen LogP contribution < -0.4 is 5.32 Å². The molecule has 2 heterocycles. The number of nitrogens with one attached hydrogen (secondary N) is 1. The minimum Gasteiger partial charge on any atom is -0.459 e. The molecular weight excluding hydrogens is 422 g/mol. The van der Waals surface area contributed by atoms with Gasteiger partial charge in [0.15, 0.2) is 5.17 Å². The van der Waals surface area contributed by atoms with Gasteiger partial charge in [-0.1, -0.05) is 42.4 Å². The van der Waals surface area contributed by atoms with Crippen molar-refractivity contribution in [1.29, 1.82) is 0 Å². The number of nitrogens with zero attached hydrogens (tertiary/aromatic N) is 2. The molecule has 0 fully saturated rings. The summed E-state index contributed by atoms with van der Waals surface area (Å²) in [6, 6.07) is 5.95. The van der Waals surface area contributed by atoms with Crippen LogP contribution in [-0.2, 0) is 14.3 Å². The molecule has 0 bridgehead atoms. The largest absolute Gasteiger partial charge is 0.459 e. The topological polar surface area (TPSA) is 71.0 Å². The van der Waals surface area contributed by atoms with Crippen molar-refractivity contribution >= 4 is 28.8 Å². The molecule has 1 aromatic rings. The summed E-state index contributed by atoms with van der Waals surface area (Å²) in [4.78, 5) is 32.6. The van der Waals surface area contributed by atoms with Crippen LogP contribution in [0.3, 0.4) is 0 Å². The van der Waals surface area contributed by atoms with Gasteiger partial charge in [0, 0.05) is 11.7 Å². The quantitative estimate of drug-likeness (QED) is 0.577. The lowest BCUT2D eigenvalue weighted by atomic mass is 9.90. The number of rotatable bonds is 7. The van der Waals surface area contributed by atoms with E-state index < -0.39 is 6.04 Å². The first-order chi connectivity index (χ1) is 15.1. The molecule has 7 heteroatoms. The van der Waals surface area contributed by atoms with E-state index in [0.29, 0.717) is 11.3 Å². The van der Waals surface area contributed by atoms with Crippen LogP contribution in [0.4, 0.5) is 0 Å². The third-order valence-corrected chi connectivity index (χ3v) is 6.53. The number of carbonyl (C=O) groups is 2. The number of aryl methyl sites for hydroxylation is 2. The van der Waals surface area contributed by atoms with E-state index in [1.54, 1.807) is 0 Å². The van der Waals surface area contributed by atoms with Gasteiger partial charge >= 0.3 is 5.97 Å². The molecule has 3 rings (SSSR count). The molecule has 0 unspecified atom stereocenters. The van der Waals surface area contributed by atoms with Crippen molar-refractivity contribution in [3.05, 3.63) is 57.3 Å². The molecule has 1 amide bonds. The van der Waals surface area contributed by atoms with E-state index >= 15 is 0 Å². The molecule has 2 aliphatic heterocycles. The Kier molecular flexibility index (Phi) is 7.49. The molecule has 0 spiro atoms. The number of hydrogen-bond donors (Lipinski definition) is 1. The minimum atomic E-state index is -0.396. The van der Waals surface area contributed by atoms with E-state index in [0.717, 1.165) is 34.0 Å². The fraction of sp³-hybridized carbons (Fsp3) is 0.480. The van der Waals surface area contributed by atoms with Crippen molar-refractivity contribution < 1.29 is 14.3 Å². The normalized spacial score (nSPS) is 18.9. The van der Waals surface area contributed by atoms with E-state index in [9.17, 15) is 9.59 Å². The van der Waals surface area contributed by atoms with Gasteiger partial charge in [-0.15, -0.1) is 0 Å². The molecule has 0 radical (unpaired) electrons. The molecule has 32 heavy (non-hydrogen) atoms. The van der Waals surface area contributed by atoms with Gasteiger partial charge in [0.2, 0.25) is 5.91 Å². The molecule has 2 aliphatic rings. The lowest BCUT2D eigenvalue weighted by Crippen LogP contribution is -2.39. The molecular formula is C25H33N3O3S. The number of amides is 1. The average Bonchev–Trinajstić information content (AvgIpc) is 3.08. The van der Waals surface area contributed by atoms with Gasteiger partial charge in [0.1, 0.15) is 0 Å². The zero-order chi connectivity index (χ0) is 23.6. The van der Waals surface area contributed by atoms with Crippen LogP contribution >= 0.6 is 11.8 Å². The Morgan fingerprint density at radius 3 is 2.56 bits per heavy atom. The third kappa shape index (κ3) is 5.09. The Bertz CT molecular complexity index is 1010. The maximum atomic E-state index is 13.2. The first kappa shape index (κ1) is 24.1. The number of benzene rings is 1. The average molecular weight is 456 g/mol. The van der Waals surface area contributed by atoms with Gasteiger partial charge in [-0.25, -0.2) is 9.79 Å². The van der Waals surface area contributed by atoms with Crippen LogP contribution in [0.25, 0.3) is 0 Å². The summed E-state index contributed by atoms with van der Waals surface area (Å²) >= 11 is 1.49. The van der Waals surface area contributed by atoms with Crippen LogP contribution in [0, 0.1) is 13.8 Å². The number of allylic oxidation sites excluding steroid dienone is 1. The molecule has 6 nitrogen and oxygen atoms in total. The zero-order valence-corrected chi connectivity index (χ0v) is 20.8. The standard InChI is InChI=1S/C25H33N3O3S/c1-8-17(6)26-21(29)12-19-13-32-25-27-18(7)22(24(30)31-14(2)3)23(28(19)25)20-10-9-15(4)11-16(20)5/h9-11,13-14,17,23H,8,12H2,1-7H3,(H,26,29)/t17-,23-/m1/s1. The highest BCUT2D eigenvalue weighted by molar-refractivity contribution is 8.16. The van der Waals surface area contributed by atoms with Crippen LogP contribution in [0.15, 0.2) is 45.6 Å². The van der Waals surface area contributed by atoms with Crippen molar-refractivity contribution in [3.8, 4) is 0 Å². The Morgan fingerprint density at radius 1 is 1.22 bits per heavy atom. The predicted molar refractivity (Wildman–Crippen MR) is 130 cm³/mol. The zero-order valence-electron chi connectivity index (χ0n) is 20.0. The lowest BCUT2D eigenvalue weighted by molar-refractivity contribution is -0.143. The Labute approximate surface area is 195 Å². The third-order valence-electron chi connectivity index (χ3n) is 5.64. The molecule has 0 saturated carbocycles. The Morgan fingerprint density at radius 2 is 1.94 bits per heavy atom. The van der Waals surface area contributed by atoms with Crippen LogP contribution in [0.1, 0.15) is 70.2 Å². The maximum Gasteiger partial charge on any atom is 0.338 e. The van der Waals surface area contributed by atoms with Gasteiger partial charge in [0.05, 0.1) is 29.8 Å². The number of amidine groups is 1. The lowest BCUT2D eigenvalue weighted by Gasteiger charge is -2.37. The number of esters is 1. The summed E-state index contributed by atoms with van der Waals surface area (Å²) in [5.74, 6) is -0.407. The number of carbonyl (C=O) groups excluding carboxylic acids is 2. The smallest absolute Gasteiger partial charge is 0.338 e. The number of fused-ring (bicyclic) bond motifs is 1. The second kappa shape index (κ2) is 9.94. The van der Waals surface area contributed by atoms with Crippen molar-refractivity contribution in [3.63, 3.8) is 0 Å². The second-order valence-corrected chi connectivity index (χ2v) is 9.60. The fourth-order valence-corrected chi connectivity index (χ4v) is 4.89. The number of ether oxygens (including phenoxy) is 1. The van der Waals surface area contributed by atoms with Gasteiger partial charge in [0.25, 0.3) is 0 Å². The summed E-state index contributed by atoms with van der Waals surface area (Å²) < 4.78 is 5.61. The first-order valence-electron chi connectivity index (χ1n) is 11.1. The molecule has 1 aromatic carbocycles. The molecule has 1 N–H and O–H groups in total. The molecule has 0 aliphatic carbocycles. The summed E-state index contributed by atoms with van der Waals surface area (Å²) in [5, 5.41) is 5.78. The van der Waals surface area contributed by atoms with E-state index in [4.69, 9.17) is 9.73 Å². The molecule has 172 valence electrons. The maximum absolute atomic E-state index is 13.2. The summed E-state index contributed by atoms with van der Waals surface area (Å²) in [6.07, 6.45) is 0.856. The van der Waals surface area contributed by atoms with E-state index in [2.05, 4.69) is 37.4 Å². The van der Waals surface area contributed by atoms with Crippen molar-refractivity contribution in [2.45, 2.75) is 79.5 Å². The Hall–Kier alpha value is -2.54. The number of aliphatic imine (C=N–C) groups is 1. The highest BCUT2D eigenvalue weighted by Gasteiger charge is 2.41. The van der Waals surface area contributed by atoms with Gasteiger partial charge in [-0.2, -0.15) is 0 Å². The van der Waals surface area contributed by atoms with Crippen molar-refractivity contribution in [1.82, 2.24) is 10.2 Å². The predicted octanol–water partition coefficient (Wildman–Crippen LogP) is 5.13. The number of thioether (sulfide) groups is 1. The van der Waals surface area contributed by atoms with Crippen molar-refractivity contribution in [2.24, 2.45) is 4.99 Å². The second-order valence-electron chi connectivity index (χ2n) is 8.76. The number of hydrogen-bond acceptors (Lipinski definition) is 6. The van der Waals surface area contributed by atoms with E-state index in [-0.39, 0.29) is 30.4 Å². The van der Waals surface area contributed by atoms with E-state index in [1.165, 1.54) is 11.8 Å². The highest BCUT2D eigenvalue weighted by Crippen LogP contribution is 2.45. The van der Waals surface area contributed by atoms with Gasteiger partial charge < -0.3 is 15.0 Å². The molecule has 2 atom stereocenters. The van der Waals surface area contributed by atoms with Crippen LogP contribution in [0.2, 0.25) is 0 Å². The highest BCUT2D eigenvalue weighted by atomic mass is 32.2. The van der Waals surface area contributed by atoms with Gasteiger partial charge in [-0.05, 0) is 64.5 Å². The summed E-state index contributed by atoms with van der Waals surface area (Å²) in [7, 11) is 0. The van der Waals surface area contributed by atoms with Gasteiger partial charge in [-0.3, -0.25) is 4.79 Å². The minimum absolute atomic E-state index is 0.0376. The van der Waals surface area contributed by atoms with Crippen molar-refractivity contribution in [2.75, 3.05) is 0 Å². The Balaban J connectivity index is 2.05. The SMILES string of the molecule is CC[C@@H](C)NC(=O)CC1=CSC2=NC(C)=C(C(=O)OC(C)C)[C@@H](c3ccc(C)cc3C)N12. The first-order valence-corrected chi connectivity index (χ1v) is 12.0. The van der Waals surface area contributed by atoms with Crippen LogP contribution in [-0.4, -0.2) is 34.1 Å². The molecule has 0 saturated heterocycles. The summed E-state index contributed by atoms with van der Waals surface area (Å²) in [5.41, 5.74) is 5.25. The summed E-state index contributed by atoms with van der Waals surface area (Å²) in [6.45, 7) is 13.7. The van der Waals surface area contributed by atoms with E-state index in [1.807, 2.05) is 44.9 Å². The fourth-order valence-electron chi connectivity index (χ4n) is 3.93. The molecule has 0 aromatic heterocycles. The monoisotopic (exact) mass is 455 g/mol. The van der Waals surface area contributed by atoms with Crippen LogP contribution in [0.5, 0.6) is 0 Å².